The van der Waals surface area contributed by atoms with E-state index in [0.29, 0.717) is 12.2 Å². The maximum absolute atomic E-state index is 12.5. The van der Waals surface area contributed by atoms with Gasteiger partial charge in [0.15, 0.2) is 0 Å². The van der Waals surface area contributed by atoms with E-state index in [1.807, 2.05) is 48.5 Å². The zero-order valence-corrected chi connectivity index (χ0v) is 16.4. The van der Waals surface area contributed by atoms with Gasteiger partial charge in [0.2, 0.25) is 11.8 Å². The molecule has 1 aliphatic heterocycles. The highest BCUT2D eigenvalue weighted by Crippen LogP contribution is 2.38. The largest absolute Gasteiger partial charge is 0.426 e. The fraction of sp³-hybridized carbons (Fsp3) is 0.375. The van der Waals surface area contributed by atoms with Crippen LogP contribution in [0.15, 0.2) is 54.6 Å². The summed E-state index contributed by atoms with van der Waals surface area (Å²) in [7, 11) is 0. The first-order valence-electron chi connectivity index (χ1n) is 10.3. The number of nitrogens with zero attached hydrogens (tertiary/aromatic N) is 1. The van der Waals surface area contributed by atoms with Crippen molar-refractivity contribution in [3.05, 3.63) is 65.7 Å². The predicted molar refractivity (Wildman–Crippen MR) is 108 cm³/mol. The molecule has 2 unspecified atom stereocenters. The molecule has 1 heterocycles. The predicted octanol–water partition coefficient (Wildman–Crippen LogP) is 3.75. The van der Waals surface area contributed by atoms with E-state index in [4.69, 9.17) is 4.74 Å². The molecule has 4 rings (SSSR count). The van der Waals surface area contributed by atoms with E-state index >= 15 is 0 Å². The molecule has 2 atom stereocenters. The average Bonchev–Trinajstić information content (AvgIpc) is 2.99. The van der Waals surface area contributed by atoms with Crippen LogP contribution in [-0.2, 0) is 20.8 Å². The Bertz CT molecular complexity index is 884. The van der Waals surface area contributed by atoms with Crippen LogP contribution in [0.4, 0.5) is 0 Å². The Morgan fingerprint density at radius 2 is 1.52 bits per heavy atom. The lowest BCUT2D eigenvalue weighted by molar-refractivity contribution is -0.141. The summed E-state index contributed by atoms with van der Waals surface area (Å²) in [5.41, 5.74) is 2.05. The second-order valence-corrected chi connectivity index (χ2v) is 7.82. The first kappa shape index (κ1) is 19.4. The summed E-state index contributed by atoms with van der Waals surface area (Å²) in [5.74, 6) is -0.498. The molecule has 1 aliphatic carbocycles. The highest BCUT2D eigenvalue weighted by Gasteiger charge is 2.47. The van der Waals surface area contributed by atoms with E-state index in [0.717, 1.165) is 36.8 Å². The minimum Gasteiger partial charge on any atom is -0.426 e. The number of carbonyl (C=O) groups is 3. The summed E-state index contributed by atoms with van der Waals surface area (Å²) in [5, 5.41) is 0. The minimum atomic E-state index is -0.430. The van der Waals surface area contributed by atoms with Gasteiger partial charge in [-0.15, -0.1) is 0 Å². The monoisotopic (exact) mass is 391 g/mol. The van der Waals surface area contributed by atoms with Gasteiger partial charge in [-0.1, -0.05) is 61.4 Å². The summed E-state index contributed by atoms with van der Waals surface area (Å²) >= 11 is 0. The Morgan fingerprint density at radius 1 is 0.897 bits per heavy atom. The van der Waals surface area contributed by atoms with Crippen LogP contribution in [0.3, 0.4) is 0 Å². The summed E-state index contributed by atoms with van der Waals surface area (Å²) in [4.78, 5) is 38.8. The summed E-state index contributed by atoms with van der Waals surface area (Å²) in [6, 6.07) is 17.4. The van der Waals surface area contributed by atoms with Crippen LogP contribution >= 0.6 is 0 Å². The van der Waals surface area contributed by atoms with Gasteiger partial charge in [0, 0.05) is 13.0 Å². The van der Waals surface area contributed by atoms with Gasteiger partial charge in [-0.3, -0.25) is 19.3 Å². The lowest BCUT2D eigenvalue weighted by Gasteiger charge is -2.19. The molecule has 29 heavy (non-hydrogen) atoms. The van der Waals surface area contributed by atoms with Crippen LogP contribution < -0.4 is 4.74 Å². The van der Waals surface area contributed by atoms with Crippen molar-refractivity contribution >= 4 is 17.8 Å². The molecular formula is C24H25NO4. The molecule has 0 radical (unpaired) electrons. The third-order valence-corrected chi connectivity index (χ3v) is 5.91. The first-order valence-corrected chi connectivity index (χ1v) is 10.3. The second kappa shape index (κ2) is 8.60. The summed E-state index contributed by atoms with van der Waals surface area (Å²) < 4.78 is 5.58. The van der Waals surface area contributed by atoms with Crippen molar-refractivity contribution in [2.24, 2.45) is 11.8 Å². The third kappa shape index (κ3) is 4.24. The molecule has 2 aromatic rings. The number of benzene rings is 2. The Kier molecular flexibility index (Phi) is 5.74. The van der Waals surface area contributed by atoms with Crippen molar-refractivity contribution in [1.29, 1.82) is 0 Å². The molecule has 0 aromatic heterocycles. The average molecular weight is 391 g/mol. The zero-order valence-electron chi connectivity index (χ0n) is 16.4. The van der Waals surface area contributed by atoms with Gasteiger partial charge in [0.25, 0.3) is 0 Å². The van der Waals surface area contributed by atoms with Crippen molar-refractivity contribution in [2.45, 2.75) is 38.5 Å². The smallest absolute Gasteiger partial charge is 0.313 e. The van der Waals surface area contributed by atoms with E-state index in [2.05, 4.69) is 0 Å². The number of imide groups is 1. The van der Waals surface area contributed by atoms with E-state index in [1.165, 1.54) is 4.90 Å². The van der Waals surface area contributed by atoms with Crippen LogP contribution in [-0.4, -0.2) is 29.2 Å². The van der Waals surface area contributed by atoms with Crippen LogP contribution in [0, 0.1) is 11.8 Å². The van der Waals surface area contributed by atoms with Gasteiger partial charge in [-0.25, -0.2) is 0 Å². The Hall–Kier alpha value is -2.95. The molecule has 2 fully saturated rings. The number of amides is 2. The van der Waals surface area contributed by atoms with Crippen LogP contribution in [0.2, 0.25) is 0 Å². The molecule has 0 N–H and O–H groups in total. The van der Waals surface area contributed by atoms with Gasteiger partial charge < -0.3 is 4.74 Å². The Morgan fingerprint density at radius 3 is 2.21 bits per heavy atom. The number of hydrogen-bond donors (Lipinski definition) is 0. The zero-order chi connectivity index (χ0) is 20.2. The van der Waals surface area contributed by atoms with Crippen LogP contribution in [0.25, 0.3) is 0 Å². The van der Waals surface area contributed by atoms with Gasteiger partial charge in [-0.2, -0.15) is 0 Å². The number of fused-ring (bicyclic) bond motifs is 1. The molecule has 1 saturated heterocycles. The highest BCUT2D eigenvalue weighted by molar-refractivity contribution is 6.05. The van der Waals surface area contributed by atoms with Crippen LogP contribution in [0.5, 0.6) is 5.75 Å². The molecule has 2 amide bonds. The number of hydrogen-bond acceptors (Lipinski definition) is 4. The van der Waals surface area contributed by atoms with Gasteiger partial charge in [0.1, 0.15) is 5.75 Å². The van der Waals surface area contributed by atoms with E-state index in [-0.39, 0.29) is 36.6 Å². The quantitative estimate of drug-likeness (QED) is 0.427. The van der Waals surface area contributed by atoms with Gasteiger partial charge in [-0.05, 0) is 30.0 Å². The molecule has 2 aromatic carbocycles. The lowest BCUT2D eigenvalue weighted by atomic mass is 9.81. The normalized spacial score (nSPS) is 21.2. The van der Waals surface area contributed by atoms with Crippen LogP contribution in [0.1, 0.15) is 43.2 Å². The molecule has 2 aliphatic rings. The van der Waals surface area contributed by atoms with Crippen molar-refractivity contribution in [1.82, 2.24) is 4.90 Å². The topological polar surface area (TPSA) is 63.7 Å². The Balaban J connectivity index is 1.37. The number of rotatable bonds is 6. The third-order valence-electron chi connectivity index (χ3n) is 5.91. The SMILES string of the molecule is O=C(CCN1C(=O)C2CCCCC2C1=O)Oc1ccccc1Cc1ccccc1. The fourth-order valence-electron chi connectivity index (χ4n) is 4.39. The molecule has 150 valence electrons. The number of esters is 1. The summed E-state index contributed by atoms with van der Waals surface area (Å²) in [6.07, 6.45) is 4.22. The number of para-hydroxylation sites is 1. The molecule has 5 nitrogen and oxygen atoms in total. The molecule has 5 heteroatoms. The highest BCUT2D eigenvalue weighted by atomic mass is 16.5. The minimum absolute atomic E-state index is 0.0105. The van der Waals surface area contributed by atoms with Crippen molar-refractivity contribution in [3.63, 3.8) is 0 Å². The van der Waals surface area contributed by atoms with Crippen molar-refractivity contribution < 1.29 is 19.1 Å². The van der Waals surface area contributed by atoms with E-state index in [1.54, 1.807) is 6.07 Å². The summed E-state index contributed by atoms with van der Waals surface area (Å²) in [6.45, 7) is 0.102. The van der Waals surface area contributed by atoms with Gasteiger partial charge in [0.05, 0.1) is 18.3 Å². The van der Waals surface area contributed by atoms with Crippen molar-refractivity contribution in [2.75, 3.05) is 6.54 Å². The molecular weight excluding hydrogens is 366 g/mol. The number of likely N-dealkylation sites (tertiary alicyclic amines) is 1. The number of carbonyl (C=O) groups excluding carboxylic acids is 3. The van der Waals surface area contributed by atoms with E-state index in [9.17, 15) is 14.4 Å². The maximum atomic E-state index is 12.5. The van der Waals surface area contributed by atoms with Crippen molar-refractivity contribution in [3.8, 4) is 5.75 Å². The molecule has 1 saturated carbocycles. The number of ether oxygens (including phenoxy) is 1. The Labute approximate surface area is 170 Å². The lowest BCUT2D eigenvalue weighted by Crippen LogP contribution is -2.33. The molecule has 0 spiro atoms. The van der Waals surface area contributed by atoms with E-state index < -0.39 is 5.97 Å². The standard InChI is InChI=1S/C24H25NO4/c26-22(14-15-25-23(27)19-11-5-6-12-20(19)24(25)28)29-21-13-7-4-10-18(21)16-17-8-2-1-3-9-17/h1-4,7-10,13,19-20H,5-6,11-12,14-16H2. The first-order chi connectivity index (χ1) is 14.1. The fourth-order valence-corrected chi connectivity index (χ4v) is 4.39. The molecule has 0 bridgehead atoms. The maximum Gasteiger partial charge on any atom is 0.313 e. The van der Waals surface area contributed by atoms with Gasteiger partial charge >= 0.3 is 5.97 Å². The second-order valence-electron chi connectivity index (χ2n) is 7.82.